The lowest BCUT2D eigenvalue weighted by molar-refractivity contribution is 0.936. The number of aromatic nitrogens is 3. The van der Waals surface area contributed by atoms with Gasteiger partial charge in [-0.25, -0.2) is 9.50 Å². The Kier molecular flexibility index (Phi) is 1.11. The van der Waals surface area contributed by atoms with Crippen LogP contribution in [0.25, 0.3) is 5.65 Å². The third-order valence-corrected chi connectivity index (χ3v) is 1.43. The number of hydrogen-bond donors (Lipinski definition) is 0. The third-order valence-electron chi connectivity index (χ3n) is 1.22. The molecule has 0 aliphatic rings. The fourth-order valence-corrected chi connectivity index (χ4v) is 0.929. The molecule has 0 saturated carbocycles. The molecule has 0 saturated heterocycles. The Bertz CT molecular complexity index is 355. The summed E-state index contributed by atoms with van der Waals surface area (Å²) in [5.41, 5.74) is 0.771. The highest BCUT2D eigenvalue weighted by Gasteiger charge is 1.93. The average Bonchev–Trinajstić information content (AvgIpc) is 2.33. The van der Waals surface area contributed by atoms with Crippen LogP contribution in [0.4, 0.5) is 0 Å². The molecule has 3 nitrogen and oxygen atoms in total. The minimum Gasteiger partial charge on any atom is -0.235 e. The number of nitrogens with zero attached hydrogens (tertiary/aromatic N) is 3. The van der Waals surface area contributed by atoms with Crippen molar-refractivity contribution in [1.82, 2.24) is 14.6 Å². The van der Waals surface area contributed by atoms with E-state index in [-0.39, 0.29) is 0 Å². The maximum absolute atomic E-state index is 5.66. The first-order chi connectivity index (χ1) is 4.86. The van der Waals surface area contributed by atoms with Crippen molar-refractivity contribution in [3.05, 3.63) is 29.7 Å². The second-order valence-electron chi connectivity index (χ2n) is 1.90. The van der Waals surface area contributed by atoms with Crippen LogP contribution in [0.5, 0.6) is 0 Å². The first-order valence-electron chi connectivity index (χ1n) is 2.81. The van der Waals surface area contributed by atoms with Crippen molar-refractivity contribution in [2.24, 2.45) is 0 Å². The molecule has 0 aromatic carbocycles. The average molecular weight is 154 g/mol. The molecule has 2 aromatic rings. The number of halogens is 1. The summed E-state index contributed by atoms with van der Waals surface area (Å²) in [6.45, 7) is 0. The van der Waals surface area contributed by atoms with Gasteiger partial charge in [-0.3, -0.25) is 0 Å². The van der Waals surface area contributed by atoms with Gasteiger partial charge in [-0.2, -0.15) is 5.10 Å². The minimum atomic E-state index is 0.610. The van der Waals surface area contributed by atoms with Crippen LogP contribution < -0.4 is 0 Å². The number of fused-ring (bicyclic) bond motifs is 1. The molecule has 0 N–H and O–H groups in total. The van der Waals surface area contributed by atoms with Crippen LogP contribution in [-0.2, 0) is 0 Å². The molecule has 2 heterocycles. The van der Waals surface area contributed by atoms with E-state index in [4.69, 9.17) is 11.6 Å². The fraction of sp³-hybridized carbons (Fsp3) is 0. The fourth-order valence-electron chi connectivity index (χ4n) is 0.787. The number of rotatable bonds is 0. The van der Waals surface area contributed by atoms with E-state index in [1.165, 1.54) is 0 Å². The summed E-state index contributed by atoms with van der Waals surface area (Å²) in [5.74, 6) is 0. The van der Waals surface area contributed by atoms with E-state index in [9.17, 15) is 0 Å². The van der Waals surface area contributed by atoms with Crippen LogP contribution in [0.1, 0.15) is 0 Å². The second-order valence-corrected chi connectivity index (χ2v) is 2.34. The summed E-state index contributed by atoms with van der Waals surface area (Å²) in [5, 5.41) is 4.57. The Morgan fingerprint density at radius 3 is 3.30 bits per heavy atom. The normalized spacial score (nSPS) is 10.5. The van der Waals surface area contributed by atoms with Crippen molar-refractivity contribution >= 4 is 17.2 Å². The third kappa shape index (κ3) is 0.752. The predicted octanol–water partition coefficient (Wildman–Crippen LogP) is 1.38. The maximum Gasteiger partial charge on any atom is 0.154 e. The van der Waals surface area contributed by atoms with Gasteiger partial charge in [0.05, 0.1) is 11.2 Å². The molecule has 0 aliphatic carbocycles. The molecule has 0 bridgehead atoms. The van der Waals surface area contributed by atoms with E-state index in [0.717, 1.165) is 5.65 Å². The van der Waals surface area contributed by atoms with Gasteiger partial charge in [0.25, 0.3) is 0 Å². The Labute approximate surface area is 62.3 Å². The van der Waals surface area contributed by atoms with Crippen molar-refractivity contribution < 1.29 is 0 Å². The van der Waals surface area contributed by atoms with Crippen LogP contribution in [0, 0.1) is 0 Å². The van der Waals surface area contributed by atoms with Crippen molar-refractivity contribution in [2.75, 3.05) is 0 Å². The van der Waals surface area contributed by atoms with Crippen molar-refractivity contribution in [3.63, 3.8) is 0 Å². The number of imidazole rings is 1. The minimum absolute atomic E-state index is 0.610. The second kappa shape index (κ2) is 1.95. The number of hydrogen-bond acceptors (Lipinski definition) is 2. The summed E-state index contributed by atoms with van der Waals surface area (Å²) in [7, 11) is 0. The molecular formula is C6H4ClN3. The molecule has 0 atom stereocenters. The van der Waals surface area contributed by atoms with Gasteiger partial charge in [0.15, 0.2) is 5.65 Å². The lowest BCUT2D eigenvalue weighted by Crippen LogP contribution is -1.87. The highest BCUT2D eigenvalue weighted by molar-refractivity contribution is 6.30. The lowest BCUT2D eigenvalue weighted by atomic mass is 10.6. The first kappa shape index (κ1) is 5.68. The van der Waals surface area contributed by atoms with Crippen LogP contribution in [0.15, 0.2) is 24.7 Å². The largest absolute Gasteiger partial charge is 0.235 e. The molecule has 0 fully saturated rings. The Morgan fingerprint density at radius 2 is 2.40 bits per heavy atom. The molecule has 0 unspecified atom stereocenters. The Hall–Kier alpha value is -1.09. The maximum atomic E-state index is 5.66. The smallest absolute Gasteiger partial charge is 0.154 e. The molecule has 2 rings (SSSR count). The van der Waals surface area contributed by atoms with Crippen molar-refractivity contribution in [1.29, 1.82) is 0 Å². The van der Waals surface area contributed by atoms with E-state index >= 15 is 0 Å². The van der Waals surface area contributed by atoms with Gasteiger partial charge in [-0.1, -0.05) is 11.6 Å². The Balaban J connectivity index is 2.86. The summed E-state index contributed by atoms with van der Waals surface area (Å²) in [6.07, 6.45) is 5.03. The molecule has 0 aliphatic heterocycles. The molecule has 10 heavy (non-hydrogen) atoms. The summed E-state index contributed by atoms with van der Waals surface area (Å²) < 4.78 is 1.66. The highest BCUT2D eigenvalue weighted by Crippen LogP contribution is 2.07. The van der Waals surface area contributed by atoms with E-state index in [0.29, 0.717) is 5.02 Å². The van der Waals surface area contributed by atoms with Gasteiger partial charge in [0.1, 0.15) is 0 Å². The van der Waals surface area contributed by atoms with Crippen molar-refractivity contribution in [2.45, 2.75) is 0 Å². The highest BCUT2D eigenvalue weighted by atomic mass is 35.5. The molecule has 2 aromatic heterocycles. The predicted molar refractivity (Wildman–Crippen MR) is 38.0 cm³/mol. The van der Waals surface area contributed by atoms with E-state index in [2.05, 4.69) is 10.1 Å². The monoisotopic (exact) mass is 153 g/mol. The van der Waals surface area contributed by atoms with Crippen LogP contribution in [0.2, 0.25) is 5.02 Å². The van der Waals surface area contributed by atoms with Gasteiger partial charge in [0, 0.05) is 18.5 Å². The van der Waals surface area contributed by atoms with E-state index in [1.54, 1.807) is 29.2 Å². The lowest BCUT2D eigenvalue weighted by Gasteiger charge is -1.89. The first-order valence-corrected chi connectivity index (χ1v) is 3.19. The van der Waals surface area contributed by atoms with Gasteiger partial charge in [0.2, 0.25) is 0 Å². The summed E-state index contributed by atoms with van der Waals surface area (Å²) in [6, 6.07) is 1.76. The molecular weight excluding hydrogens is 150 g/mol. The topological polar surface area (TPSA) is 30.2 Å². The van der Waals surface area contributed by atoms with Crippen molar-refractivity contribution in [3.8, 4) is 0 Å². The van der Waals surface area contributed by atoms with Gasteiger partial charge in [-0.05, 0) is 0 Å². The molecule has 0 radical (unpaired) electrons. The summed E-state index contributed by atoms with van der Waals surface area (Å²) >= 11 is 5.66. The van der Waals surface area contributed by atoms with Crippen LogP contribution in [0.3, 0.4) is 0 Å². The summed E-state index contributed by atoms with van der Waals surface area (Å²) in [4.78, 5) is 4.00. The SMILES string of the molecule is Clc1cnn2ccnc2c1. The van der Waals surface area contributed by atoms with Gasteiger partial charge < -0.3 is 0 Å². The van der Waals surface area contributed by atoms with Gasteiger partial charge in [-0.15, -0.1) is 0 Å². The quantitative estimate of drug-likeness (QED) is 0.573. The van der Waals surface area contributed by atoms with E-state index < -0.39 is 0 Å². The molecule has 0 amide bonds. The zero-order valence-corrected chi connectivity index (χ0v) is 5.78. The standard InChI is InChI=1S/C6H4ClN3/c7-5-3-6-8-1-2-10(6)9-4-5/h1-4H. The van der Waals surface area contributed by atoms with Crippen LogP contribution >= 0.6 is 11.6 Å². The van der Waals surface area contributed by atoms with Gasteiger partial charge >= 0.3 is 0 Å². The zero-order valence-electron chi connectivity index (χ0n) is 5.03. The molecule has 50 valence electrons. The zero-order chi connectivity index (χ0) is 6.97. The molecule has 4 heteroatoms. The Morgan fingerprint density at radius 1 is 1.50 bits per heavy atom. The van der Waals surface area contributed by atoms with Crippen LogP contribution in [-0.4, -0.2) is 14.6 Å². The molecule has 0 spiro atoms. The van der Waals surface area contributed by atoms with E-state index in [1.807, 2.05) is 0 Å².